The molecule has 0 unspecified atom stereocenters. The molecule has 0 aliphatic carbocycles. The van der Waals surface area contributed by atoms with Gasteiger partial charge in [-0.2, -0.15) is 0 Å². The Labute approximate surface area is 145 Å². The molecule has 0 spiro atoms. The number of hydrogen-bond donors (Lipinski definition) is 2. The molecule has 1 aromatic carbocycles. The second-order valence-corrected chi connectivity index (χ2v) is 5.25. The van der Waals surface area contributed by atoms with Gasteiger partial charge in [0.15, 0.2) is 5.96 Å². The lowest BCUT2D eigenvalue weighted by molar-refractivity contribution is -0.130. The molecule has 134 valence electrons. The molecule has 0 radical (unpaired) electrons. The normalized spacial score (nSPS) is 11.1. The minimum atomic E-state index is 0.160. The van der Waals surface area contributed by atoms with Crippen molar-refractivity contribution in [2.45, 2.75) is 33.7 Å². The fourth-order valence-corrected chi connectivity index (χ4v) is 2.36. The largest absolute Gasteiger partial charge is 0.496 e. The van der Waals surface area contributed by atoms with Gasteiger partial charge in [-0.3, -0.25) is 4.79 Å². The van der Waals surface area contributed by atoms with Crippen LogP contribution in [-0.2, 0) is 11.3 Å². The van der Waals surface area contributed by atoms with Gasteiger partial charge >= 0.3 is 0 Å². The van der Waals surface area contributed by atoms with Gasteiger partial charge in [-0.1, -0.05) is 18.2 Å². The second-order valence-electron chi connectivity index (χ2n) is 5.25. The summed E-state index contributed by atoms with van der Waals surface area (Å²) in [5.41, 5.74) is 1.02. The fourth-order valence-electron chi connectivity index (χ4n) is 2.36. The Morgan fingerprint density at radius 1 is 1.17 bits per heavy atom. The first-order chi connectivity index (χ1) is 11.7. The highest BCUT2D eigenvalue weighted by molar-refractivity contribution is 5.81. The lowest BCUT2D eigenvalue weighted by Crippen LogP contribution is -2.40. The van der Waals surface area contributed by atoms with E-state index in [4.69, 9.17) is 4.74 Å². The third-order valence-electron chi connectivity index (χ3n) is 3.69. The van der Waals surface area contributed by atoms with Crippen molar-refractivity contribution in [1.29, 1.82) is 0 Å². The lowest BCUT2D eigenvalue weighted by Gasteiger charge is -2.19. The second kappa shape index (κ2) is 11.3. The van der Waals surface area contributed by atoms with Gasteiger partial charge in [0, 0.05) is 38.2 Å². The molecular formula is C18H30N4O2. The summed E-state index contributed by atoms with van der Waals surface area (Å²) in [5.74, 6) is 1.69. The first kappa shape index (κ1) is 19.8. The molecule has 1 aromatic rings. The molecule has 0 aliphatic rings. The third kappa shape index (κ3) is 6.48. The van der Waals surface area contributed by atoms with Gasteiger partial charge in [0.05, 0.1) is 13.7 Å². The Bertz CT molecular complexity index is 528. The zero-order valence-electron chi connectivity index (χ0n) is 15.3. The zero-order chi connectivity index (χ0) is 17.8. The molecule has 0 fully saturated rings. The van der Waals surface area contributed by atoms with Crippen LogP contribution in [0, 0.1) is 0 Å². The minimum absolute atomic E-state index is 0.160. The summed E-state index contributed by atoms with van der Waals surface area (Å²) < 4.78 is 5.34. The number of rotatable bonds is 9. The van der Waals surface area contributed by atoms with Gasteiger partial charge in [0.25, 0.3) is 0 Å². The number of amides is 1. The predicted molar refractivity (Wildman–Crippen MR) is 98.4 cm³/mol. The van der Waals surface area contributed by atoms with E-state index in [0.717, 1.165) is 30.9 Å². The number of carbonyl (C=O) groups excluding carboxylic acids is 1. The molecule has 24 heavy (non-hydrogen) atoms. The van der Waals surface area contributed by atoms with Crippen molar-refractivity contribution in [3.8, 4) is 5.75 Å². The van der Waals surface area contributed by atoms with Crippen LogP contribution in [0.2, 0.25) is 0 Å². The zero-order valence-corrected chi connectivity index (χ0v) is 15.3. The molecular weight excluding hydrogens is 304 g/mol. The smallest absolute Gasteiger partial charge is 0.224 e. The molecule has 0 aromatic heterocycles. The molecule has 0 heterocycles. The Morgan fingerprint density at radius 3 is 2.50 bits per heavy atom. The topological polar surface area (TPSA) is 66.0 Å². The molecule has 0 atom stereocenters. The number of methoxy groups -OCH3 is 1. The van der Waals surface area contributed by atoms with Crippen LogP contribution in [0.5, 0.6) is 5.75 Å². The van der Waals surface area contributed by atoms with Crippen LogP contribution in [0.15, 0.2) is 29.3 Å². The maximum atomic E-state index is 12.0. The van der Waals surface area contributed by atoms with E-state index in [1.54, 1.807) is 7.11 Å². The van der Waals surface area contributed by atoms with E-state index in [2.05, 4.69) is 15.6 Å². The number of carbonyl (C=O) groups is 1. The molecule has 2 N–H and O–H groups in total. The van der Waals surface area contributed by atoms with Crippen molar-refractivity contribution in [3.05, 3.63) is 29.8 Å². The molecule has 6 nitrogen and oxygen atoms in total. The van der Waals surface area contributed by atoms with Gasteiger partial charge in [-0.25, -0.2) is 4.99 Å². The molecule has 0 saturated carbocycles. The summed E-state index contributed by atoms with van der Waals surface area (Å²) in [6.45, 7) is 9.34. The first-order valence-corrected chi connectivity index (χ1v) is 8.58. The number of nitrogens with one attached hydrogen (secondary N) is 2. The van der Waals surface area contributed by atoms with Gasteiger partial charge in [-0.05, 0) is 26.8 Å². The van der Waals surface area contributed by atoms with Crippen LogP contribution >= 0.6 is 0 Å². The minimum Gasteiger partial charge on any atom is -0.496 e. The number of para-hydroxylation sites is 1. The number of guanidine groups is 1. The molecule has 6 heteroatoms. The summed E-state index contributed by atoms with van der Waals surface area (Å²) in [7, 11) is 1.66. The van der Waals surface area contributed by atoms with E-state index in [0.29, 0.717) is 25.5 Å². The van der Waals surface area contributed by atoms with Crippen molar-refractivity contribution in [3.63, 3.8) is 0 Å². The van der Waals surface area contributed by atoms with Crippen LogP contribution in [0.4, 0.5) is 0 Å². The molecule has 0 aliphatic heterocycles. The summed E-state index contributed by atoms with van der Waals surface area (Å²) >= 11 is 0. The quantitative estimate of drug-likeness (QED) is 0.535. The Morgan fingerprint density at radius 2 is 1.88 bits per heavy atom. The van der Waals surface area contributed by atoms with Gasteiger partial charge in [0.1, 0.15) is 5.75 Å². The SMILES string of the molecule is CCNC(=NCc1ccccc1OC)NCCC(=O)N(CC)CC. The first-order valence-electron chi connectivity index (χ1n) is 8.58. The van der Waals surface area contributed by atoms with E-state index in [-0.39, 0.29) is 5.91 Å². The number of nitrogens with zero attached hydrogens (tertiary/aromatic N) is 2. The van der Waals surface area contributed by atoms with Crippen LogP contribution in [0.3, 0.4) is 0 Å². The van der Waals surface area contributed by atoms with Gasteiger partial charge in [0.2, 0.25) is 5.91 Å². The number of benzene rings is 1. The van der Waals surface area contributed by atoms with E-state index >= 15 is 0 Å². The highest BCUT2D eigenvalue weighted by Crippen LogP contribution is 2.17. The fraction of sp³-hybridized carbons (Fsp3) is 0.556. The standard InChI is InChI=1S/C18H30N4O2/c1-5-19-18(20-13-12-17(23)22(6-2)7-3)21-14-15-10-8-9-11-16(15)24-4/h8-11H,5-7,12-14H2,1-4H3,(H2,19,20,21). The van der Waals surface area contributed by atoms with Gasteiger partial charge < -0.3 is 20.3 Å². The predicted octanol–water partition coefficient (Wildman–Crippen LogP) is 2.01. The van der Waals surface area contributed by atoms with Crippen LogP contribution in [0.25, 0.3) is 0 Å². The van der Waals surface area contributed by atoms with Crippen molar-refractivity contribution >= 4 is 11.9 Å². The average molecular weight is 334 g/mol. The highest BCUT2D eigenvalue weighted by atomic mass is 16.5. The number of aliphatic imine (C=N–C) groups is 1. The Balaban J connectivity index is 2.58. The molecule has 1 amide bonds. The number of hydrogen-bond acceptors (Lipinski definition) is 3. The molecule has 1 rings (SSSR count). The van der Waals surface area contributed by atoms with Crippen molar-refractivity contribution in [2.24, 2.45) is 4.99 Å². The number of ether oxygens (including phenoxy) is 1. The van der Waals surface area contributed by atoms with E-state index in [1.165, 1.54) is 0 Å². The molecule has 0 saturated heterocycles. The Kier molecular flexibility index (Phi) is 9.34. The van der Waals surface area contributed by atoms with E-state index in [9.17, 15) is 4.79 Å². The average Bonchev–Trinajstić information content (AvgIpc) is 2.61. The van der Waals surface area contributed by atoms with E-state index in [1.807, 2.05) is 49.9 Å². The van der Waals surface area contributed by atoms with Crippen LogP contribution in [0.1, 0.15) is 32.8 Å². The van der Waals surface area contributed by atoms with Crippen molar-refractivity contribution < 1.29 is 9.53 Å². The molecule has 0 bridgehead atoms. The monoisotopic (exact) mass is 334 g/mol. The summed E-state index contributed by atoms with van der Waals surface area (Å²) in [6.07, 6.45) is 0.459. The van der Waals surface area contributed by atoms with Gasteiger partial charge in [-0.15, -0.1) is 0 Å². The van der Waals surface area contributed by atoms with Crippen molar-refractivity contribution in [1.82, 2.24) is 15.5 Å². The summed E-state index contributed by atoms with van der Waals surface area (Å²) in [4.78, 5) is 18.4. The summed E-state index contributed by atoms with van der Waals surface area (Å²) in [6, 6.07) is 7.83. The maximum Gasteiger partial charge on any atom is 0.224 e. The lowest BCUT2D eigenvalue weighted by atomic mass is 10.2. The van der Waals surface area contributed by atoms with Crippen LogP contribution < -0.4 is 15.4 Å². The van der Waals surface area contributed by atoms with E-state index < -0.39 is 0 Å². The summed E-state index contributed by atoms with van der Waals surface area (Å²) in [5, 5.41) is 6.41. The highest BCUT2D eigenvalue weighted by Gasteiger charge is 2.09. The van der Waals surface area contributed by atoms with Crippen LogP contribution in [-0.4, -0.2) is 50.1 Å². The van der Waals surface area contributed by atoms with Crippen molar-refractivity contribution in [2.75, 3.05) is 33.3 Å². The maximum absolute atomic E-state index is 12.0. The Hall–Kier alpha value is -2.24. The third-order valence-corrected chi connectivity index (χ3v) is 3.69.